The molecule has 7 heteroatoms. The smallest absolute Gasteiger partial charge is 0.410 e. The molecule has 1 aromatic rings. The topological polar surface area (TPSA) is 99.1 Å². The Morgan fingerprint density at radius 1 is 1.35 bits per heavy atom. The zero-order valence-electron chi connectivity index (χ0n) is 12.9. The predicted octanol–water partition coefficient (Wildman–Crippen LogP) is 0.257. The SMILES string of the molecule is O=C(NCC(O)CO)[C@@H]1CCCN1C(=O)OCc1ccccc1. The maximum Gasteiger partial charge on any atom is 0.410 e. The minimum Gasteiger partial charge on any atom is -0.445 e. The average molecular weight is 322 g/mol. The van der Waals surface area contributed by atoms with Crippen LogP contribution in [0.3, 0.4) is 0 Å². The van der Waals surface area contributed by atoms with Gasteiger partial charge >= 0.3 is 6.09 Å². The second kappa shape index (κ2) is 8.50. The molecule has 1 aliphatic rings. The van der Waals surface area contributed by atoms with Gasteiger partial charge in [0.05, 0.1) is 12.7 Å². The molecule has 0 bridgehead atoms. The number of benzene rings is 1. The van der Waals surface area contributed by atoms with E-state index in [2.05, 4.69) is 5.32 Å². The summed E-state index contributed by atoms with van der Waals surface area (Å²) in [5.41, 5.74) is 0.882. The molecule has 1 unspecified atom stereocenters. The highest BCUT2D eigenvalue weighted by Crippen LogP contribution is 2.19. The molecule has 2 amide bonds. The van der Waals surface area contributed by atoms with Crippen LogP contribution in [0.25, 0.3) is 0 Å². The van der Waals surface area contributed by atoms with Crippen molar-refractivity contribution in [3.63, 3.8) is 0 Å². The third-order valence-corrected chi connectivity index (χ3v) is 3.72. The normalized spacial score (nSPS) is 18.5. The van der Waals surface area contributed by atoms with Gasteiger partial charge in [0.1, 0.15) is 12.6 Å². The molecule has 1 aliphatic heterocycles. The van der Waals surface area contributed by atoms with Crippen molar-refractivity contribution in [2.24, 2.45) is 0 Å². The van der Waals surface area contributed by atoms with Gasteiger partial charge in [0.25, 0.3) is 0 Å². The Bertz CT molecular complexity index is 522. The molecule has 1 aromatic carbocycles. The highest BCUT2D eigenvalue weighted by Gasteiger charge is 2.35. The van der Waals surface area contributed by atoms with Crippen LogP contribution in [0.1, 0.15) is 18.4 Å². The monoisotopic (exact) mass is 322 g/mol. The van der Waals surface area contributed by atoms with Crippen molar-refractivity contribution >= 4 is 12.0 Å². The van der Waals surface area contributed by atoms with Gasteiger partial charge in [-0.1, -0.05) is 30.3 Å². The maximum atomic E-state index is 12.2. The zero-order chi connectivity index (χ0) is 16.7. The third kappa shape index (κ3) is 4.94. The van der Waals surface area contributed by atoms with Crippen LogP contribution in [0, 0.1) is 0 Å². The first-order chi connectivity index (χ1) is 11.1. The number of amides is 2. The summed E-state index contributed by atoms with van der Waals surface area (Å²) in [5.74, 6) is -0.341. The molecule has 0 aliphatic carbocycles. The standard InChI is InChI=1S/C16H22N2O5/c19-10-13(20)9-17-15(21)14-7-4-8-18(14)16(22)23-11-12-5-2-1-3-6-12/h1-3,5-6,13-14,19-20H,4,7-11H2,(H,17,21)/t13?,14-/m0/s1. The average Bonchev–Trinajstić information content (AvgIpc) is 3.08. The second-order valence-electron chi connectivity index (χ2n) is 5.47. The Labute approximate surface area is 134 Å². The Hall–Kier alpha value is -2.12. The lowest BCUT2D eigenvalue weighted by atomic mass is 10.2. The number of ether oxygens (including phenoxy) is 1. The van der Waals surface area contributed by atoms with Crippen LogP contribution in [0.2, 0.25) is 0 Å². The Morgan fingerprint density at radius 3 is 2.78 bits per heavy atom. The molecule has 7 nitrogen and oxygen atoms in total. The fourth-order valence-corrected chi connectivity index (χ4v) is 2.46. The van der Waals surface area contributed by atoms with Crippen LogP contribution in [0.5, 0.6) is 0 Å². The van der Waals surface area contributed by atoms with E-state index in [9.17, 15) is 14.7 Å². The van der Waals surface area contributed by atoms with Crippen molar-refractivity contribution in [1.82, 2.24) is 10.2 Å². The number of aliphatic hydroxyl groups excluding tert-OH is 2. The number of aliphatic hydroxyl groups is 2. The molecule has 3 N–H and O–H groups in total. The van der Waals surface area contributed by atoms with E-state index in [4.69, 9.17) is 9.84 Å². The van der Waals surface area contributed by atoms with Crippen LogP contribution in [0.4, 0.5) is 4.79 Å². The molecule has 0 spiro atoms. The van der Waals surface area contributed by atoms with Crippen LogP contribution in [-0.2, 0) is 16.1 Å². The van der Waals surface area contributed by atoms with Crippen LogP contribution in [0.15, 0.2) is 30.3 Å². The van der Waals surface area contributed by atoms with Crippen molar-refractivity contribution in [3.05, 3.63) is 35.9 Å². The fourth-order valence-electron chi connectivity index (χ4n) is 2.46. The summed E-state index contributed by atoms with van der Waals surface area (Å²) in [5, 5.41) is 20.5. The Morgan fingerprint density at radius 2 is 2.09 bits per heavy atom. The lowest BCUT2D eigenvalue weighted by molar-refractivity contribution is -0.125. The summed E-state index contributed by atoms with van der Waals surface area (Å²) in [6.07, 6.45) is -0.240. The van der Waals surface area contributed by atoms with E-state index in [0.29, 0.717) is 13.0 Å². The molecule has 0 saturated carbocycles. The first-order valence-electron chi connectivity index (χ1n) is 7.65. The lowest BCUT2D eigenvalue weighted by Crippen LogP contribution is -2.48. The van der Waals surface area contributed by atoms with E-state index < -0.39 is 24.8 Å². The third-order valence-electron chi connectivity index (χ3n) is 3.72. The van der Waals surface area contributed by atoms with Gasteiger partial charge in [-0.25, -0.2) is 4.79 Å². The molecule has 23 heavy (non-hydrogen) atoms. The van der Waals surface area contributed by atoms with E-state index >= 15 is 0 Å². The highest BCUT2D eigenvalue weighted by atomic mass is 16.6. The molecule has 0 radical (unpaired) electrons. The number of carbonyl (C=O) groups excluding carboxylic acids is 2. The molecule has 0 aromatic heterocycles. The van der Waals surface area contributed by atoms with E-state index in [1.165, 1.54) is 4.90 Å². The van der Waals surface area contributed by atoms with Gasteiger partial charge in [-0.2, -0.15) is 0 Å². The van der Waals surface area contributed by atoms with Crippen LogP contribution < -0.4 is 5.32 Å². The molecular weight excluding hydrogens is 300 g/mol. The highest BCUT2D eigenvalue weighted by molar-refractivity contribution is 5.86. The van der Waals surface area contributed by atoms with E-state index in [1.807, 2.05) is 30.3 Å². The van der Waals surface area contributed by atoms with Crippen molar-refractivity contribution in [2.75, 3.05) is 19.7 Å². The minimum atomic E-state index is -1.00. The number of nitrogens with zero attached hydrogens (tertiary/aromatic N) is 1. The molecular formula is C16H22N2O5. The zero-order valence-corrected chi connectivity index (χ0v) is 12.9. The number of nitrogens with one attached hydrogen (secondary N) is 1. The molecule has 126 valence electrons. The number of rotatable bonds is 6. The largest absolute Gasteiger partial charge is 0.445 e. The summed E-state index contributed by atoms with van der Waals surface area (Å²) in [6.45, 7) is 0.161. The lowest BCUT2D eigenvalue weighted by Gasteiger charge is -2.23. The van der Waals surface area contributed by atoms with Gasteiger partial charge in [0.2, 0.25) is 5.91 Å². The van der Waals surface area contributed by atoms with Gasteiger partial charge in [-0.15, -0.1) is 0 Å². The van der Waals surface area contributed by atoms with Gasteiger partial charge in [-0.05, 0) is 18.4 Å². The van der Waals surface area contributed by atoms with Crippen LogP contribution in [-0.4, -0.2) is 59.0 Å². The Balaban J connectivity index is 1.85. The first kappa shape index (κ1) is 17.2. The molecule has 1 saturated heterocycles. The number of carbonyl (C=O) groups is 2. The van der Waals surface area contributed by atoms with Crippen molar-refractivity contribution in [1.29, 1.82) is 0 Å². The molecule has 1 heterocycles. The van der Waals surface area contributed by atoms with E-state index in [1.54, 1.807) is 0 Å². The van der Waals surface area contributed by atoms with Gasteiger partial charge in [-0.3, -0.25) is 9.69 Å². The first-order valence-corrected chi connectivity index (χ1v) is 7.65. The molecule has 1 fully saturated rings. The van der Waals surface area contributed by atoms with Crippen LogP contribution >= 0.6 is 0 Å². The number of likely N-dealkylation sites (tertiary alicyclic amines) is 1. The molecule has 2 atom stereocenters. The predicted molar refractivity (Wildman–Crippen MR) is 82.5 cm³/mol. The van der Waals surface area contributed by atoms with Gasteiger partial charge in [0.15, 0.2) is 0 Å². The second-order valence-corrected chi connectivity index (χ2v) is 5.47. The summed E-state index contributed by atoms with van der Waals surface area (Å²) in [7, 11) is 0. The molecule has 2 rings (SSSR count). The number of hydrogen-bond donors (Lipinski definition) is 3. The Kier molecular flexibility index (Phi) is 6.37. The maximum absolute atomic E-state index is 12.2. The quantitative estimate of drug-likeness (QED) is 0.697. The fraction of sp³-hybridized carbons (Fsp3) is 0.500. The van der Waals surface area contributed by atoms with Crippen molar-refractivity contribution in [2.45, 2.75) is 31.6 Å². The van der Waals surface area contributed by atoms with Gasteiger partial charge < -0.3 is 20.3 Å². The summed E-state index contributed by atoms with van der Waals surface area (Å²) >= 11 is 0. The minimum absolute atomic E-state index is 0.0429. The summed E-state index contributed by atoms with van der Waals surface area (Å²) < 4.78 is 5.26. The number of hydrogen-bond acceptors (Lipinski definition) is 5. The summed E-state index contributed by atoms with van der Waals surface area (Å²) in [6, 6.07) is 8.73. The van der Waals surface area contributed by atoms with E-state index in [0.717, 1.165) is 12.0 Å². The van der Waals surface area contributed by atoms with Crippen molar-refractivity contribution in [3.8, 4) is 0 Å². The summed E-state index contributed by atoms with van der Waals surface area (Å²) in [4.78, 5) is 25.7. The van der Waals surface area contributed by atoms with Gasteiger partial charge in [0, 0.05) is 13.1 Å². The van der Waals surface area contributed by atoms with E-state index in [-0.39, 0.29) is 19.1 Å². The van der Waals surface area contributed by atoms with Crippen molar-refractivity contribution < 1.29 is 24.5 Å².